The molecule has 0 radical (unpaired) electrons. The van der Waals surface area contributed by atoms with E-state index in [4.69, 9.17) is 4.74 Å². The lowest BCUT2D eigenvalue weighted by molar-refractivity contribution is -0.385. The van der Waals surface area contributed by atoms with Gasteiger partial charge in [-0.25, -0.2) is 0 Å². The molecule has 0 aromatic heterocycles. The van der Waals surface area contributed by atoms with E-state index < -0.39 is 9.85 Å². The first-order valence-corrected chi connectivity index (χ1v) is 9.59. The predicted molar refractivity (Wildman–Crippen MR) is 117 cm³/mol. The molecule has 0 saturated carbocycles. The van der Waals surface area contributed by atoms with Crippen LogP contribution >= 0.6 is 0 Å². The molecular weight excluding hydrogens is 396 g/mol. The van der Waals surface area contributed by atoms with E-state index in [0.717, 1.165) is 33.4 Å². The minimum atomic E-state index is -0.443. The maximum atomic E-state index is 11.1. The van der Waals surface area contributed by atoms with Crippen molar-refractivity contribution in [1.82, 2.24) is 0 Å². The van der Waals surface area contributed by atoms with Crippen molar-refractivity contribution in [3.8, 4) is 0 Å². The highest BCUT2D eigenvalue weighted by atomic mass is 16.6. The van der Waals surface area contributed by atoms with Crippen molar-refractivity contribution in [1.29, 1.82) is 0 Å². The summed E-state index contributed by atoms with van der Waals surface area (Å²) in [4.78, 5) is 21.2. The molecule has 3 aromatic carbocycles. The van der Waals surface area contributed by atoms with Crippen molar-refractivity contribution < 1.29 is 14.6 Å². The minimum absolute atomic E-state index is 0.000442. The van der Waals surface area contributed by atoms with Gasteiger partial charge in [-0.15, -0.1) is 0 Å². The van der Waals surface area contributed by atoms with Crippen LogP contribution in [-0.2, 0) is 4.74 Å². The number of rotatable bonds is 5. The summed E-state index contributed by atoms with van der Waals surface area (Å²) in [5, 5.41) is 22.1. The van der Waals surface area contributed by atoms with Gasteiger partial charge in [0.15, 0.2) is 0 Å². The zero-order chi connectivity index (χ0) is 21.8. The van der Waals surface area contributed by atoms with E-state index >= 15 is 0 Å². The Morgan fingerprint density at radius 3 is 1.74 bits per heavy atom. The summed E-state index contributed by atoms with van der Waals surface area (Å²) in [6.07, 6.45) is 2.05. The molecule has 0 spiro atoms. The average molecular weight is 414 g/mol. The first-order chi connectivity index (χ1) is 15.0. The lowest BCUT2D eigenvalue weighted by Gasteiger charge is -2.13. The number of nitro benzene ring substituents is 2. The van der Waals surface area contributed by atoms with E-state index in [1.807, 2.05) is 30.3 Å². The third-order valence-electron chi connectivity index (χ3n) is 5.07. The Kier molecular flexibility index (Phi) is 5.68. The lowest BCUT2D eigenvalue weighted by atomic mass is 9.90. The van der Waals surface area contributed by atoms with Crippen LogP contribution in [0.2, 0.25) is 0 Å². The molecule has 3 aromatic rings. The predicted octanol–water partition coefficient (Wildman–Crippen LogP) is 5.42. The van der Waals surface area contributed by atoms with Gasteiger partial charge in [0.25, 0.3) is 11.4 Å². The van der Waals surface area contributed by atoms with Gasteiger partial charge in [-0.3, -0.25) is 20.2 Å². The summed E-state index contributed by atoms with van der Waals surface area (Å²) in [5.41, 5.74) is 5.37. The molecule has 154 valence electrons. The fourth-order valence-electron chi connectivity index (χ4n) is 3.57. The van der Waals surface area contributed by atoms with Gasteiger partial charge < -0.3 is 4.74 Å². The molecule has 1 heterocycles. The lowest BCUT2D eigenvalue weighted by Crippen LogP contribution is -1.98. The van der Waals surface area contributed by atoms with E-state index in [-0.39, 0.29) is 11.4 Å². The summed E-state index contributed by atoms with van der Waals surface area (Å²) in [5.74, 6) is 0. The number of nitro groups is 2. The Morgan fingerprint density at radius 1 is 0.742 bits per heavy atom. The molecule has 7 nitrogen and oxygen atoms in total. The summed E-state index contributed by atoms with van der Waals surface area (Å²) >= 11 is 0. The van der Waals surface area contributed by atoms with Crippen molar-refractivity contribution >= 4 is 23.0 Å². The van der Waals surface area contributed by atoms with Crippen LogP contribution in [0.4, 0.5) is 11.4 Å². The van der Waals surface area contributed by atoms with E-state index in [2.05, 4.69) is 6.08 Å². The number of hydrogen-bond donors (Lipinski definition) is 0. The van der Waals surface area contributed by atoms with Gasteiger partial charge in [-0.05, 0) is 63.8 Å². The highest BCUT2D eigenvalue weighted by Gasteiger charge is 2.22. The topological polar surface area (TPSA) is 95.5 Å². The molecule has 0 aliphatic carbocycles. The van der Waals surface area contributed by atoms with Crippen molar-refractivity contribution in [3.63, 3.8) is 0 Å². The van der Waals surface area contributed by atoms with Gasteiger partial charge in [0, 0.05) is 24.3 Å². The number of nitrogens with zero attached hydrogens (tertiary/aromatic N) is 2. The van der Waals surface area contributed by atoms with E-state index in [9.17, 15) is 20.2 Å². The molecule has 0 atom stereocenters. The van der Waals surface area contributed by atoms with Crippen LogP contribution in [-0.4, -0.2) is 23.1 Å². The van der Waals surface area contributed by atoms with Crippen LogP contribution in [0.5, 0.6) is 0 Å². The average Bonchev–Trinajstić information content (AvgIpc) is 3.23. The Morgan fingerprint density at radius 2 is 1.26 bits per heavy atom. The fraction of sp³-hybridized carbons (Fsp3) is 0.0833. The fourth-order valence-corrected chi connectivity index (χ4v) is 3.57. The third-order valence-corrected chi connectivity index (χ3v) is 5.07. The Bertz CT molecular complexity index is 1120. The van der Waals surface area contributed by atoms with Crippen LogP contribution < -0.4 is 0 Å². The normalized spacial score (nSPS) is 14.6. The number of ether oxygens (including phenoxy) is 1. The number of hydrogen-bond acceptors (Lipinski definition) is 5. The minimum Gasteiger partial charge on any atom is -0.372 e. The second-order valence-corrected chi connectivity index (χ2v) is 7.03. The summed E-state index contributed by atoms with van der Waals surface area (Å²) < 4.78 is 5.75. The van der Waals surface area contributed by atoms with Crippen LogP contribution in [0.25, 0.3) is 11.6 Å². The largest absolute Gasteiger partial charge is 0.372 e. The third kappa shape index (κ3) is 4.41. The molecule has 31 heavy (non-hydrogen) atoms. The van der Waals surface area contributed by atoms with Gasteiger partial charge >= 0.3 is 0 Å². The monoisotopic (exact) mass is 414 g/mol. The first kappa shape index (κ1) is 20.2. The zero-order valence-corrected chi connectivity index (χ0v) is 16.4. The molecule has 1 saturated heterocycles. The van der Waals surface area contributed by atoms with Crippen LogP contribution in [0.15, 0.2) is 90.0 Å². The van der Waals surface area contributed by atoms with Gasteiger partial charge in [0.1, 0.15) is 0 Å². The second kappa shape index (κ2) is 8.73. The van der Waals surface area contributed by atoms with Crippen LogP contribution in [0.3, 0.4) is 0 Å². The molecule has 0 N–H and O–H groups in total. The van der Waals surface area contributed by atoms with E-state index in [0.29, 0.717) is 13.2 Å². The molecule has 1 aliphatic rings. The van der Waals surface area contributed by atoms with Crippen molar-refractivity contribution in [3.05, 3.63) is 127 Å². The summed E-state index contributed by atoms with van der Waals surface area (Å²) in [6, 6.07) is 22.5. The maximum absolute atomic E-state index is 11.1. The van der Waals surface area contributed by atoms with Crippen molar-refractivity contribution in [2.24, 2.45) is 0 Å². The standard InChI is InChI=1S/C24H18N2O5/c27-25(28)21-10-6-18(7-11-21)24(19-8-12-22(13-9-19)26(29)30)23-16-31-15-20(23)14-17-4-2-1-3-5-17/h1-14H,15-16H2/b20-14+. The van der Waals surface area contributed by atoms with Crippen LogP contribution in [0, 0.1) is 20.2 Å². The summed E-state index contributed by atoms with van der Waals surface area (Å²) in [6.45, 7) is 0.815. The zero-order valence-electron chi connectivity index (χ0n) is 16.4. The smallest absolute Gasteiger partial charge is 0.269 e. The maximum Gasteiger partial charge on any atom is 0.269 e. The SMILES string of the molecule is O=[N+]([O-])c1ccc(C(=C2COC/C2=C\c2ccccc2)c2ccc([N+](=O)[O-])cc2)cc1. The van der Waals surface area contributed by atoms with Gasteiger partial charge in [0.2, 0.25) is 0 Å². The van der Waals surface area contributed by atoms with Gasteiger partial charge in [0.05, 0.1) is 23.1 Å². The number of benzene rings is 3. The molecule has 7 heteroatoms. The molecule has 0 unspecified atom stereocenters. The molecule has 1 fully saturated rings. The molecular formula is C24H18N2O5. The Hall–Kier alpha value is -4.10. The quantitative estimate of drug-likeness (QED) is 0.410. The summed E-state index contributed by atoms with van der Waals surface area (Å²) in [7, 11) is 0. The van der Waals surface area contributed by atoms with Crippen molar-refractivity contribution in [2.75, 3.05) is 13.2 Å². The van der Waals surface area contributed by atoms with E-state index in [1.54, 1.807) is 24.3 Å². The number of non-ortho nitro benzene ring substituents is 2. The Labute approximate surface area is 178 Å². The van der Waals surface area contributed by atoms with Crippen molar-refractivity contribution in [2.45, 2.75) is 0 Å². The van der Waals surface area contributed by atoms with Gasteiger partial charge in [-0.1, -0.05) is 30.3 Å². The molecule has 1 aliphatic heterocycles. The first-order valence-electron chi connectivity index (χ1n) is 9.59. The molecule has 0 amide bonds. The molecule has 0 bridgehead atoms. The molecule has 4 rings (SSSR count). The van der Waals surface area contributed by atoms with Crippen LogP contribution in [0.1, 0.15) is 16.7 Å². The Balaban J connectivity index is 1.87. The second-order valence-electron chi connectivity index (χ2n) is 7.03. The highest BCUT2D eigenvalue weighted by molar-refractivity contribution is 5.87. The van der Waals surface area contributed by atoms with E-state index in [1.165, 1.54) is 24.3 Å². The van der Waals surface area contributed by atoms with Gasteiger partial charge in [-0.2, -0.15) is 0 Å². The highest BCUT2D eigenvalue weighted by Crippen LogP contribution is 2.35.